The molecule has 1 aliphatic carbocycles. The van der Waals surface area contributed by atoms with Gasteiger partial charge < -0.3 is 11.1 Å². The van der Waals surface area contributed by atoms with Crippen LogP contribution in [0.2, 0.25) is 0 Å². The van der Waals surface area contributed by atoms with Gasteiger partial charge in [0.05, 0.1) is 18.6 Å². The van der Waals surface area contributed by atoms with Crippen molar-refractivity contribution in [3.8, 4) is 0 Å². The Hall–Kier alpha value is -1.84. The Morgan fingerprint density at radius 2 is 1.97 bits per heavy atom. The van der Waals surface area contributed by atoms with Crippen LogP contribution in [-0.4, -0.2) is 54.6 Å². The smallest absolute Gasteiger partial charge is 0.260 e. The van der Waals surface area contributed by atoms with E-state index in [1.165, 1.54) is 31.5 Å². The zero-order valence-corrected chi connectivity index (χ0v) is 17.4. The quantitative estimate of drug-likeness (QED) is 0.711. The maximum Gasteiger partial charge on any atom is 0.260 e. The molecular weight excluding hydrogens is 392 g/mol. The molecule has 3 N–H and O–H groups in total. The number of Topliss-reactive ketones (excluding diaryl/α,β-unsaturated/α-hetero) is 1. The van der Waals surface area contributed by atoms with Crippen LogP contribution >= 0.6 is 0 Å². The molecule has 1 saturated heterocycles. The summed E-state index contributed by atoms with van der Waals surface area (Å²) in [7, 11) is -3.84. The molecule has 29 heavy (non-hydrogen) atoms. The summed E-state index contributed by atoms with van der Waals surface area (Å²) in [4.78, 5) is 29.1. The summed E-state index contributed by atoms with van der Waals surface area (Å²) in [5, 5.41) is 2.68. The van der Waals surface area contributed by atoms with Gasteiger partial charge in [-0.05, 0) is 37.3 Å². The van der Waals surface area contributed by atoms with Gasteiger partial charge >= 0.3 is 0 Å². The lowest BCUT2D eigenvalue weighted by atomic mass is 9.85. The van der Waals surface area contributed by atoms with E-state index in [0.717, 1.165) is 17.1 Å². The number of hydrogen-bond donors (Lipinski definition) is 2. The van der Waals surface area contributed by atoms with Gasteiger partial charge in [-0.15, -0.1) is 0 Å². The zero-order valence-electron chi connectivity index (χ0n) is 16.6. The Morgan fingerprint density at radius 1 is 1.21 bits per heavy atom. The van der Waals surface area contributed by atoms with E-state index >= 15 is 0 Å². The third-order valence-electron chi connectivity index (χ3n) is 5.83. The summed E-state index contributed by atoms with van der Waals surface area (Å²) in [5.74, 6) is -0.177. The van der Waals surface area contributed by atoms with Gasteiger partial charge in [-0.2, -0.15) is 4.31 Å². The lowest BCUT2D eigenvalue weighted by Gasteiger charge is -2.25. The van der Waals surface area contributed by atoms with Crippen LogP contribution in [0.3, 0.4) is 0 Å². The first-order valence-corrected chi connectivity index (χ1v) is 11.8. The summed E-state index contributed by atoms with van der Waals surface area (Å²) in [6, 6.07) is 3.30. The van der Waals surface area contributed by atoms with E-state index in [2.05, 4.69) is 10.3 Å². The first-order chi connectivity index (χ1) is 13.9. The number of pyridine rings is 1. The Bertz CT molecular complexity index is 809. The Balaban J connectivity index is 1.58. The second-order valence-corrected chi connectivity index (χ2v) is 9.91. The predicted molar refractivity (Wildman–Crippen MR) is 108 cm³/mol. The summed E-state index contributed by atoms with van der Waals surface area (Å²) < 4.78 is 26.6. The number of amides is 1. The topological polar surface area (TPSA) is 122 Å². The first kappa shape index (κ1) is 21.9. The highest BCUT2D eigenvalue weighted by Crippen LogP contribution is 2.27. The summed E-state index contributed by atoms with van der Waals surface area (Å²) in [6.45, 7) is -0.0626. The third kappa shape index (κ3) is 5.61. The first-order valence-electron chi connectivity index (χ1n) is 10.4. The van der Waals surface area contributed by atoms with Crippen molar-refractivity contribution in [2.45, 2.75) is 68.5 Å². The molecule has 1 aromatic rings. The molecule has 0 radical (unpaired) electrons. The molecule has 8 nitrogen and oxygen atoms in total. The minimum atomic E-state index is -3.84. The van der Waals surface area contributed by atoms with Crippen LogP contribution in [0.25, 0.3) is 0 Å². The summed E-state index contributed by atoms with van der Waals surface area (Å²) in [6.07, 6.45) is 8.72. The molecule has 0 spiro atoms. The number of rotatable bonds is 6. The Kier molecular flexibility index (Phi) is 7.37. The van der Waals surface area contributed by atoms with E-state index in [0.29, 0.717) is 25.2 Å². The van der Waals surface area contributed by atoms with Crippen LogP contribution in [0, 0.1) is 5.92 Å². The molecule has 1 aliphatic heterocycles. The van der Waals surface area contributed by atoms with Crippen molar-refractivity contribution in [2.24, 2.45) is 11.7 Å². The number of nitrogens with zero attached hydrogens (tertiary/aromatic N) is 2. The van der Waals surface area contributed by atoms with Crippen molar-refractivity contribution in [1.29, 1.82) is 0 Å². The normalized spacial score (nSPS) is 23.3. The van der Waals surface area contributed by atoms with Crippen LogP contribution in [0.5, 0.6) is 0 Å². The number of carbonyl (C=O) groups is 2. The highest BCUT2D eigenvalue weighted by molar-refractivity contribution is 7.89. The van der Waals surface area contributed by atoms with E-state index in [-0.39, 0.29) is 29.8 Å². The number of ketones is 1. The van der Waals surface area contributed by atoms with E-state index < -0.39 is 22.1 Å². The fourth-order valence-corrected chi connectivity index (χ4v) is 5.53. The SMILES string of the molecule is N[C@@H](CC1CCCCC1)C(=O)NC1CCCN(S(=O)(=O)c2ccccn2)CC1=O. The maximum absolute atomic E-state index is 12.7. The predicted octanol–water partition coefficient (Wildman–Crippen LogP) is 1.22. The van der Waals surface area contributed by atoms with E-state index in [1.807, 2.05) is 0 Å². The third-order valence-corrected chi connectivity index (χ3v) is 7.59. The number of nitrogens with two attached hydrogens (primary N) is 1. The molecule has 1 aromatic heterocycles. The zero-order chi connectivity index (χ0) is 20.9. The van der Waals surface area contributed by atoms with Crippen LogP contribution < -0.4 is 11.1 Å². The molecular formula is C20H30N4O4S. The van der Waals surface area contributed by atoms with Gasteiger partial charge in [0.25, 0.3) is 10.0 Å². The molecule has 2 heterocycles. The molecule has 1 amide bonds. The monoisotopic (exact) mass is 422 g/mol. The molecule has 3 rings (SSSR count). The molecule has 0 aromatic carbocycles. The van der Waals surface area contributed by atoms with Crippen molar-refractivity contribution in [3.63, 3.8) is 0 Å². The van der Waals surface area contributed by atoms with Gasteiger partial charge in [0.2, 0.25) is 5.91 Å². The number of carbonyl (C=O) groups excluding carboxylic acids is 2. The lowest BCUT2D eigenvalue weighted by molar-refractivity contribution is -0.128. The molecule has 9 heteroatoms. The molecule has 2 aliphatic rings. The van der Waals surface area contributed by atoms with Gasteiger partial charge in [0, 0.05) is 12.7 Å². The summed E-state index contributed by atoms with van der Waals surface area (Å²) >= 11 is 0. The second kappa shape index (κ2) is 9.77. The van der Waals surface area contributed by atoms with E-state index in [9.17, 15) is 18.0 Å². The summed E-state index contributed by atoms with van der Waals surface area (Å²) in [5.41, 5.74) is 6.08. The average Bonchev–Trinajstić information content (AvgIpc) is 2.91. The van der Waals surface area contributed by atoms with Crippen molar-refractivity contribution < 1.29 is 18.0 Å². The standard InChI is InChI=1S/C20H30N4O4S/c21-16(13-15-7-2-1-3-8-15)20(26)23-17-9-6-12-24(14-18(17)25)29(27,28)19-10-4-5-11-22-19/h4-5,10-11,15-17H,1-3,6-9,12-14,21H2,(H,23,26)/t16-,17?/m0/s1. The molecule has 2 fully saturated rings. The Labute approximate surface area is 172 Å². The highest BCUT2D eigenvalue weighted by atomic mass is 32.2. The van der Waals surface area contributed by atoms with Gasteiger partial charge in [0.15, 0.2) is 10.8 Å². The van der Waals surface area contributed by atoms with Crippen molar-refractivity contribution in [3.05, 3.63) is 24.4 Å². The largest absolute Gasteiger partial charge is 0.345 e. The molecule has 0 bridgehead atoms. The van der Waals surface area contributed by atoms with Crippen LogP contribution in [0.1, 0.15) is 51.4 Å². The number of sulfonamides is 1. The van der Waals surface area contributed by atoms with Crippen molar-refractivity contribution in [2.75, 3.05) is 13.1 Å². The van der Waals surface area contributed by atoms with Gasteiger partial charge in [-0.1, -0.05) is 38.2 Å². The van der Waals surface area contributed by atoms with Crippen LogP contribution in [0.15, 0.2) is 29.4 Å². The van der Waals surface area contributed by atoms with Gasteiger partial charge in [-0.3, -0.25) is 9.59 Å². The molecule has 1 saturated carbocycles. The van der Waals surface area contributed by atoms with Crippen LogP contribution in [0.4, 0.5) is 0 Å². The van der Waals surface area contributed by atoms with Crippen molar-refractivity contribution >= 4 is 21.7 Å². The molecule has 1 unspecified atom stereocenters. The van der Waals surface area contributed by atoms with E-state index in [1.54, 1.807) is 12.1 Å². The van der Waals surface area contributed by atoms with Crippen molar-refractivity contribution in [1.82, 2.24) is 14.6 Å². The minimum Gasteiger partial charge on any atom is -0.345 e. The second-order valence-electron chi connectivity index (χ2n) is 8.02. The maximum atomic E-state index is 12.7. The van der Waals surface area contributed by atoms with E-state index in [4.69, 9.17) is 5.73 Å². The number of aromatic nitrogens is 1. The number of nitrogens with one attached hydrogen (secondary N) is 1. The fraction of sp³-hybridized carbons (Fsp3) is 0.650. The molecule has 160 valence electrons. The Morgan fingerprint density at radius 3 is 2.66 bits per heavy atom. The molecule has 2 atom stereocenters. The average molecular weight is 423 g/mol. The van der Waals surface area contributed by atoms with Gasteiger partial charge in [-0.25, -0.2) is 13.4 Å². The number of hydrogen-bond acceptors (Lipinski definition) is 6. The van der Waals surface area contributed by atoms with Gasteiger partial charge in [0.1, 0.15) is 0 Å². The lowest BCUT2D eigenvalue weighted by Crippen LogP contribution is -2.50. The fourth-order valence-electron chi connectivity index (χ4n) is 4.15. The highest BCUT2D eigenvalue weighted by Gasteiger charge is 2.34. The minimum absolute atomic E-state index is 0.0789. The van der Waals surface area contributed by atoms with Crippen LogP contribution in [-0.2, 0) is 19.6 Å².